The fraction of sp³-hybridized carbons (Fsp3) is 0.455. The van der Waals surface area contributed by atoms with E-state index in [-0.39, 0.29) is 0 Å². The Morgan fingerprint density at radius 2 is 2.03 bits per heavy atom. The Kier molecular flexibility index (Phi) is 6.35. The minimum absolute atomic E-state index is 0.440. The predicted octanol–water partition coefficient (Wildman–Crippen LogP) is 3.11. The highest BCUT2D eigenvalue weighted by Crippen LogP contribution is 2.36. The number of methoxy groups -OCH3 is 2. The van der Waals surface area contributed by atoms with Crippen molar-refractivity contribution >= 4 is 0 Å². The van der Waals surface area contributed by atoms with E-state index >= 15 is 0 Å². The molecule has 8 heteroatoms. The van der Waals surface area contributed by atoms with Gasteiger partial charge in [-0.3, -0.25) is 4.98 Å². The van der Waals surface area contributed by atoms with Crippen LogP contribution in [-0.2, 0) is 16.8 Å². The van der Waals surface area contributed by atoms with E-state index < -0.39 is 5.60 Å². The summed E-state index contributed by atoms with van der Waals surface area (Å²) in [5.41, 5.74) is 1.35. The summed E-state index contributed by atoms with van der Waals surface area (Å²) in [5, 5.41) is 4.08. The second kappa shape index (κ2) is 9.32. The second-order valence-electron chi connectivity index (χ2n) is 7.51. The lowest BCUT2D eigenvalue weighted by molar-refractivity contribution is -0.0827. The molecule has 1 fully saturated rings. The fourth-order valence-corrected chi connectivity index (χ4v) is 3.91. The van der Waals surface area contributed by atoms with Gasteiger partial charge in [0.15, 0.2) is 0 Å². The van der Waals surface area contributed by atoms with Gasteiger partial charge in [-0.1, -0.05) is 17.3 Å². The van der Waals surface area contributed by atoms with Crippen LogP contribution in [0.3, 0.4) is 0 Å². The third kappa shape index (κ3) is 4.49. The van der Waals surface area contributed by atoms with Crippen LogP contribution in [-0.4, -0.2) is 58.9 Å². The zero-order chi connectivity index (χ0) is 20.8. The molecule has 0 radical (unpaired) electrons. The second-order valence-corrected chi connectivity index (χ2v) is 7.51. The van der Waals surface area contributed by atoms with E-state index in [9.17, 15) is 0 Å². The molecule has 158 valence electrons. The molecule has 30 heavy (non-hydrogen) atoms. The van der Waals surface area contributed by atoms with Crippen molar-refractivity contribution in [2.45, 2.75) is 31.3 Å². The number of ether oxygens (including phenoxy) is 2. The number of aromatic nitrogens is 4. The van der Waals surface area contributed by atoms with Crippen LogP contribution in [0.15, 0.2) is 47.4 Å². The summed E-state index contributed by atoms with van der Waals surface area (Å²) in [6.07, 6.45) is 8.61. The Morgan fingerprint density at radius 3 is 2.77 bits per heavy atom. The van der Waals surface area contributed by atoms with Crippen LogP contribution in [0.1, 0.15) is 30.7 Å². The first-order valence-corrected chi connectivity index (χ1v) is 10.2. The Hall–Kier alpha value is -2.84. The van der Waals surface area contributed by atoms with E-state index in [1.165, 1.54) is 5.56 Å². The summed E-state index contributed by atoms with van der Waals surface area (Å²) in [7, 11) is 3.42. The first-order valence-electron chi connectivity index (χ1n) is 10.2. The summed E-state index contributed by atoms with van der Waals surface area (Å²) in [6.45, 7) is 2.90. The molecular formula is C22H27N5O3. The maximum absolute atomic E-state index is 5.89. The first-order chi connectivity index (χ1) is 14.7. The highest BCUT2D eigenvalue weighted by atomic mass is 16.5. The van der Waals surface area contributed by atoms with Crippen LogP contribution >= 0.6 is 0 Å². The molecule has 0 aliphatic carbocycles. The molecule has 2 aromatic heterocycles. The maximum atomic E-state index is 5.89. The van der Waals surface area contributed by atoms with Gasteiger partial charge >= 0.3 is 0 Å². The van der Waals surface area contributed by atoms with E-state index in [0.29, 0.717) is 17.4 Å². The molecule has 0 unspecified atom stereocenters. The number of hydrogen-bond acceptors (Lipinski definition) is 8. The van der Waals surface area contributed by atoms with Gasteiger partial charge in [0.05, 0.1) is 13.3 Å². The van der Waals surface area contributed by atoms with Gasteiger partial charge in [0.1, 0.15) is 17.0 Å². The topological polar surface area (TPSA) is 86.4 Å². The molecule has 1 aliphatic rings. The standard InChI is InChI=1S/C22H27N5O3/c1-28-18-7-3-5-17(15-18)6-4-12-27-13-8-22(29-2,9-14-27)21-25-20(26-30-21)19-16-23-10-11-24-19/h3,5,7,10-11,15-16H,4,6,8-9,12-14H2,1-2H3. The smallest absolute Gasteiger partial charge is 0.259 e. The number of hydrogen-bond donors (Lipinski definition) is 0. The summed E-state index contributed by atoms with van der Waals surface area (Å²) in [4.78, 5) is 15.3. The fourth-order valence-electron chi connectivity index (χ4n) is 3.91. The third-order valence-electron chi connectivity index (χ3n) is 5.74. The molecule has 0 spiro atoms. The quantitative estimate of drug-likeness (QED) is 0.561. The number of aryl methyl sites for hydroxylation is 1. The highest BCUT2D eigenvalue weighted by molar-refractivity contribution is 5.45. The SMILES string of the molecule is COc1cccc(CCCN2CCC(OC)(c3nc(-c4cnccn4)no3)CC2)c1. The number of piperidine rings is 1. The molecule has 3 heterocycles. The van der Waals surface area contributed by atoms with Crippen LogP contribution in [0.25, 0.3) is 11.5 Å². The molecule has 1 saturated heterocycles. The van der Waals surface area contributed by atoms with Crippen LogP contribution in [0, 0.1) is 0 Å². The minimum Gasteiger partial charge on any atom is -0.497 e. The van der Waals surface area contributed by atoms with E-state index in [0.717, 1.165) is 51.1 Å². The Balaban J connectivity index is 1.32. The Bertz CT molecular complexity index is 939. The molecule has 3 aromatic rings. The van der Waals surface area contributed by atoms with Gasteiger partial charge in [-0.05, 0) is 49.9 Å². The minimum atomic E-state index is -0.545. The van der Waals surface area contributed by atoms with Crippen molar-refractivity contribution < 1.29 is 14.0 Å². The van der Waals surface area contributed by atoms with Crippen molar-refractivity contribution in [1.29, 1.82) is 0 Å². The van der Waals surface area contributed by atoms with Gasteiger partial charge in [-0.15, -0.1) is 0 Å². The molecular weight excluding hydrogens is 382 g/mol. The monoisotopic (exact) mass is 409 g/mol. The van der Waals surface area contributed by atoms with Crippen molar-refractivity contribution in [1.82, 2.24) is 25.0 Å². The molecule has 8 nitrogen and oxygen atoms in total. The van der Waals surface area contributed by atoms with E-state index in [4.69, 9.17) is 14.0 Å². The Morgan fingerprint density at radius 1 is 1.17 bits per heavy atom. The lowest BCUT2D eigenvalue weighted by Gasteiger charge is -2.38. The average molecular weight is 409 g/mol. The van der Waals surface area contributed by atoms with Crippen molar-refractivity contribution in [2.75, 3.05) is 33.9 Å². The van der Waals surface area contributed by atoms with Gasteiger partial charge in [0.25, 0.3) is 5.89 Å². The molecule has 0 saturated carbocycles. The summed E-state index contributed by atoms with van der Waals surface area (Å²) >= 11 is 0. The summed E-state index contributed by atoms with van der Waals surface area (Å²) < 4.78 is 16.8. The van der Waals surface area contributed by atoms with Gasteiger partial charge in [0.2, 0.25) is 5.82 Å². The van der Waals surface area contributed by atoms with Gasteiger partial charge < -0.3 is 18.9 Å². The van der Waals surface area contributed by atoms with Gasteiger partial charge in [-0.2, -0.15) is 4.98 Å². The first kappa shape index (κ1) is 20.4. The predicted molar refractivity (Wildman–Crippen MR) is 111 cm³/mol. The number of rotatable bonds is 8. The van der Waals surface area contributed by atoms with Crippen LogP contribution in [0.2, 0.25) is 0 Å². The number of nitrogens with zero attached hydrogens (tertiary/aromatic N) is 5. The van der Waals surface area contributed by atoms with Crippen LogP contribution < -0.4 is 4.74 Å². The molecule has 0 bridgehead atoms. The number of benzene rings is 1. The average Bonchev–Trinajstić information content (AvgIpc) is 3.31. The summed E-state index contributed by atoms with van der Waals surface area (Å²) in [6, 6.07) is 8.28. The lowest BCUT2D eigenvalue weighted by Crippen LogP contribution is -2.44. The molecule has 0 amide bonds. The van der Waals surface area contributed by atoms with E-state index in [1.54, 1.807) is 32.8 Å². The van der Waals surface area contributed by atoms with Crippen LogP contribution in [0.4, 0.5) is 0 Å². The normalized spacial score (nSPS) is 16.5. The molecule has 1 aromatic carbocycles. The van der Waals surface area contributed by atoms with Crippen molar-refractivity contribution in [2.24, 2.45) is 0 Å². The van der Waals surface area contributed by atoms with Crippen molar-refractivity contribution in [3.05, 3.63) is 54.3 Å². The molecule has 0 N–H and O–H groups in total. The summed E-state index contributed by atoms with van der Waals surface area (Å²) in [5.74, 6) is 1.87. The highest BCUT2D eigenvalue weighted by Gasteiger charge is 2.41. The zero-order valence-electron chi connectivity index (χ0n) is 17.5. The molecule has 4 rings (SSSR count). The number of likely N-dealkylation sites (tertiary alicyclic amines) is 1. The Labute approximate surface area is 176 Å². The van der Waals surface area contributed by atoms with E-state index in [2.05, 4.69) is 37.1 Å². The van der Waals surface area contributed by atoms with E-state index in [1.807, 2.05) is 12.1 Å². The van der Waals surface area contributed by atoms with Crippen molar-refractivity contribution in [3.63, 3.8) is 0 Å². The largest absolute Gasteiger partial charge is 0.497 e. The van der Waals surface area contributed by atoms with Crippen molar-refractivity contribution in [3.8, 4) is 17.3 Å². The maximum Gasteiger partial charge on any atom is 0.259 e. The van der Waals surface area contributed by atoms with Gasteiger partial charge in [0, 0.05) is 32.6 Å². The van der Waals surface area contributed by atoms with Gasteiger partial charge in [-0.25, -0.2) is 4.98 Å². The molecule has 0 atom stereocenters. The lowest BCUT2D eigenvalue weighted by atomic mass is 9.90. The zero-order valence-corrected chi connectivity index (χ0v) is 17.5. The van der Waals surface area contributed by atoms with Crippen LogP contribution in [0.5, 0.6) is 5.75 Å². The third-order valence-corrected chi connectivity index (χ3v) is 5.74. The molecule has 1 aliphatic heterocycles.